The van der Waals surface area contributed by atoms with Crippen molar-refractivity contribution >= 4 is 5.78 Å². The molecular formula is C30H27F4NO2. The van der Waals surface area contributed by atoms with Crippen molar-refractivity contribution in [3.63, 3.8) is 0 Å². The molecule has 0 amide bonds. The van der Waals surface area contributed by atoms with Crippen molar-refractivity contribution in [2.45, 2.75) is 69.6 Å². The molecule has 0 saturated heterocycles. The summed E-state index contributed by atoms with van der Waals surface area (Å²) >= 11 is 0. The first-order valence-electron chi connectivity index (χ1n) is 12.9. The third-order valence-corrected chi connectivity index (χ3v) is 8.38. The number of hydrogen-bond donors (Lipinski definition) is 1. The van der Waals surface area contributed by atoms with E-state index in [0.717, 1.165) is 62.8 Å². The predicted octanol–water partition coefficient (Wildman–Crippen LogP) is 7.55. The summed E-state index contributed by atoms with van der Waals surface area (Å²) in [5.41, 5.74) is 2.86. The van der Waals surface area contributed by atoms with Crippen LogP contribution < -0.4 is 0 Å². The fourth-order valence-corrected chi connectivity index (χ4v) is 6.26. The second kappa shape index (κ2) is 8.76. The smallest absolute Gasteiger partial charge is 0.388 e. The Morgan fingerprint density at radius 1 is 0.973 bits per heavy atom. The number of aliphatic hydroxyl groups excluding tert-OH is 1. The molecule has 0 radical (unpaired) electrons. The summed E-state index contributed by atoms with van der Waals surface area (Å²) in [5, 5.41) is 11.3. The van der Waals surface area contributed by atoms with Gasteiger partial charge in [0.1, 0.15) is 5.82 Å². The lowest BCUT2D eigenvalue weighted by Gasteiger charge is -2.33. The maximum absolute atomic E-state index is 14.1. The predicted molar refractivity (Wildman–Crippen MR) is 131 cm³/mol. The number of fused-ring (bicyclic) bond motifs is 1. The van der Waals surface area contributed by atoms with Gasteiger partial charge in [-0.25, -0.2) is 4.39 Å². The van der Waals surface area contributed by atoms with Crippen molar-refractivity contribution in [2.24, 2.45) is 5.41 Å². The van der Waals surface area contributed by atoms with Gasteiger partial charge in [-0.3, -0.25) is 9.78 Å². The molecule has 0 aliphatic heterocycles. The number of halogens is 4. The number of ketones is 1. The molecule has 1 spiro atoms. The molecule has 192 valence electrons. The summed E-state index contributed by atoms with van der Waals surface area (Å²) in [6.07, 6.45) is 1.79. The number of carbonyl (C=O) groups is 1. The minimum absolute atomic E-state index is 0.0470. The van der Waals surface area contributed by atoms with Crippen LogP contribution in [-0.2, 0) is 12.6 Å². The summed E-state index contributed by atoms with van der Waals surface area (Å²) in [5.74, 6) is -0.799. The van der Waals surface area contributed by atoms with Crippen LogP contribution in [0.15, 0.2) is 48.5 Å². The number of carbonyl (C=O) groups excluding carboxylic acids is 1. The molecular weight excluding hydrogens is 482 g/mol. The quantitative estimate of drug-likeness (QED) is 0.292. The zero-order valence-electron chi connectivity index (χ0n) is 20.2. The highest BCUT2D eigenvalue weighted by atomic mass is 19.4. The van der Waals surface area contributed by atoms with Crippen LogP contribution in [0.5, 0.6) is 0 Å². The maximum atomic E-state index is 14.1. The molecule has 1 atom stereocenters. The van der Waals surface area contributed by atoms with E-state index in [2.05, 4.69) is 0 Å². The molecule has 1 unspecified atom stereocenters. The van der Waals surface area contributed by atoms with Crippen molar-refractivity contribution < 1.29 is 27.5 Å². The molecule has 3 aliphatic rings. The highest BCUT2D eigenvalue weighted by Gasteiger charge is 2.49. The highest BCUT2D eigenvalue weighted by molar-refractivity contribution is 6.14. The topological polar surface area (TPSA) is 50.2 Å². The fraction of sp³-hybridized carbons (Fsp3) is 0.400. The number of benzene rings is 2. The largest absolute Gasteiger partial charge is 0.416 e. The average molecular weight is 510 g/mol. The monoisotopic (exact) mass is 509 g/mol. The van der Waals surface area contributed by atoms with Gasteiger partial charge in [-0.2, -0.15) is 13.2 Å². The van der Waals surface area contributed by atoms with E-state index in [0.29, 0.717) is 34.4 Å². The number of nitrogens with zero attached hydrogens (tertiary/aromatic N) is 1. The van der Waals surface area contributed by atoms with E-state index in [1.54, 1.807) is 12.1 Å². The second-order valence-electron chi connectivity index (χ2n) is 10.9. The van der Waals surface area contributed by atoms with Gasteiger partial charge in [0.05, 0.1) is 22.9 Å². The Morgan fingerprint density at radius 2 is 1.62 bits per heavy atom. The Morgan fingerprint density at radius 3 is 2.22 bits per heavy atom. The van der Waals surface area contributed by atoms with Gasteiger partial charge >= 0.3 is 6.18 Å². The molecule has 6 rings (SSSR count). The van der Waals surface area contributed by atoms with Crippen LogP contribution in [-0.4, -0.2) is 15.9 Å². The minimum atomic E-state index is -4.51. The number of rotatable bonds is 4. The molecule has 0 bridgehead atoms. The molecule has 2 aromatic carbocycles. The summed E-state index contributed by atoms with van der Waals surface area (Å²) in [4.78, 5) is 19.2. The zero-order chi connectivity index (χ0) is 25.9. The molecule has 1 aromatic heterocycles. The minimum Gasteiger partial charge on any atom is -0.388 e. The van der Waals surface area contributed by atoms with Gasteiger partial charge in [-0.1, -0.05) is 37.1 Å². The van der Waals surface area contributed by atoms with Crippen LogP contribution >= 0.6 is 0 Å². The van der Waals surface area contributed by atoms with E-state index >= 15 is 0 Å². The standard InChI is InChI=1S/C30H27F4NO2/c31-21-11-7-17(8-12-21)24-25-22(15-29(13-14-29)16-23(25)36)35-27(18-3-1-2-4-18)26(24)28(37)19-5-9-20(10-6-19)30(32,33)34/h5-12,18,23,36H,1-4,13-16H2. The Hall–Kier alpha value is -3.06. The fourth-order valence-electron chi connectivity index (χ4n) is 6.26. The molecule has 7 heteroatoms. The van der Waals surface area contributed by atoms with Gasteiger partial charge < -0.3 is 5.11 Å². The number of aromatic nitrogens is 1. The van der Waals surface area contributed by atoms with Crippen molar-refractivity contribution in [1.29, 1.82) is 0 Å². The molecule has 1 heterocycles. The lowest BCUT2D eigenvalue weighted by molar-refractivity contribution is -0.137. The first-order chi connectivity index (χ1) is 17.7. The van der Waals surface area contributed by atoms with E-state index in [1.807, 2.05) is 0 Å². The summed E-state index contributed by atoms with van der Waals surface area (Å²) in [7, 11) is 0. The number of aliphatic hydroxyl groups is 1. The normalized spacial score (nSPS) is 20.7. The van der Waals surface area contributed by atoms with Gasteiger partial charge in [0.2, 0.25) is 0 Å². The summed E-state index contributed by atoms with van der Waals surface area (Å²) in [6.45, 7) is 0. The summed E-state index contributed by atoms with van der Waals surface area (Å²) in [6, 6.07) is 10.1. The van der Waals surface area contributed by atoms with E-state index < -0.39 is 29.4 Å². The molecule has 2 saturated carbocycles. The molecule has 1 N–H and O–H groups in total. The zero-order valence-corrected chi connectivity index (χ0v) is 20.2. The second-order valence-corrected chi connectivity index (χ2v) is 10.9. The number of alkyl halides is 3. The van der Waals surface area contributed by atoms with Crippen LogP contribution in [0.2, 0.25) is 0 Å². The van der Waals surface area contributed by atoms with E-state index in [1.165, 1.54) is 24.3 Å². The van der Waals surface area contributed by atoms with Gasteiger partial charge in [0.15, 0.2) is 5.78 Å². The van der Waals surface area contributed by atoms with E-state index in [9.17, 15) is 27.5 Å². The van der Waals surface area contributed by atoms with Crippen molar-refractivity contribution in [3.8, 4) is 11.1 Å². The average Bonchev–Trinajstić information content (AvgIpc) is 3.37. The van der Waals surface area contributed by atoms with Crippen LogP contribution in [0.3, 0.4) is 0 Å². The van der Waals surface area contributed by atoms with Crippen molar-refractivity contribution in [3.05, 3.63) is 88.0 Å². The first-order valence-corrected chi connectivity index (χ1v) is 12.9. The first kappa shape index (κ1) is 24.3. The van der Waals surface area contributed by atoms with Crippen LogP contribution in [0.1, 0.15) is 95.4 Å². The maximum Gasteiger partial charge on any atom is 0.416 e. The SMILES string of the molecule is O=C(c1ccc(C(F)(F)F)cc1)c1c(C2CCCC2)nc2c(c1-c1ccc(F)cc1)C(O)CC1(CC1)C2. The Bertz CT molecular complexity index is 1350. The number of hydrogen-bond acceptors (Lipinski definition) is 3. The van der Waals surface area contributed by atoms with E-state index in [4.69, 9.17) is 4.98 Å². The van der Waals surface area contributed by atoms with E-state index in [-0.39, 0.29) is 16.9 Å². The Balaban J connectivity index is 1.59. The van der Waals surface area contributed by atoms with Crippen molar-refractivity contribution in [1.82, 2.24) is 4.98 Å². The highest BCUT2D eigenvalue weighted by Crippen LogP contribution is 2.59. The van der Waals surface area contributed by atoms with Gasteiger partial charge in [-0.15, -0.1) is 0 Å². The number of pyridine rings is 1. The molecule has 3 aliphatic carbocycles. The van der Waals surface area contributed by atoms with Crippen LogP contribution in [0.4, 0.5) is 17.6 Å². The van der Waals surface area contributed by atoms with Crippen molar-refractivity contribution in [2.75, 3.05) is 0 Å². The van der Waals surface area contributed by atoms with Crippen LogP contribution in [0, 0.1) is 11.2 Å². The molecule has 3 aromatic rings. The van der Waals surface area contributed by atoms with Gasteiger partial charge in [-0.05, 0) is 73.8 Å². The van der Waals surface area contributed by atoms with Gasteiger partial charge in [0.25, 0.3) is 0 Å². The van der Waals surface area contributed by atoms with Crippen LogP contribution in [0.25, 0.3) is 11.1 Å². The van der Waals surface area contributed by atoms with Gasteiger partial charge in [0, 0.05) is 28.3 Å². The molecule has 3 nitrogen and oxygen atoms in total. The lowest BCUT2D eigenvalue weighted by Crippen LogP contribution is -2.25. The molecule has 37 heavy (non-hydrogen) atoms. The third kappa shape index (κ3) is 4.37. The summed E-state index contributed by atoms with van der Waals surface area (Å²) < 4.78 is 53.4. The Labute approximate surface area is 212 Å². The molecule has 2 fully saturated rings. The lowest BCUT2D eigenvalue weighted by atomic mass is 9.76. The Kier molecular flexibility index (Phi) is 5.75. The third-order valence-electron chi connectivity index (χ3n) is 8.38.